The third-order valence-corrected chi connectivity index (χ3v) is 3.65. The summed E-state index contributed by atoms with van der Waals surface area (Å²) in [5, 5.41) is 6.27. The molecular formula is C16H19N3O2. The second-order valence-corrected chi connectivity index (χ2v) is 5.05. The Morgan fingerprint density at radius 3 is 2.95 bits per heavy atom. The third-order valence-electron chi connectivity index (χ3n) is 3.65. The van der Waals surface area contributed by atoms with Crippen LogP contribution in [-0.2, 0) is 0 Å². The lowest BCUT2D eigenvalue weighted by Gasteiger charge is -2.19. The van der Waals surface area contributed by atoms with Crippen molar-refractivity contribution >= 4 is 17.4 Å². The van der Waals surface area contributed by atoms with E-state index in [1.807, 2.05) is 36.4 Å². The van der Waals surface area contributed by atoms with Gasteiger partial charge in [0, 0.05) is 24.5 Å². The summed E-state index contributed by atoms with van der Waals surface area (Å²) in [4.78, 5) is 13.5. The lowest BCUT2D eigenvalue weighted by molar-refractivity contribution is 0.252. The van der Waals surface area contributed by atoms with E-state index in [-0.39, 0.29) is 12.1 Å². The van der Waals surface area contributed by atoms with Gasteiger partial charge >= 0.3 is 6.03 Å². The number of carbonyl (C=O) groups is 1. The van der Waals surface area contributed by atoms with Gasteiger partial charge in [-0.2, -0.15) is 0 Å². The van der Waals surface area contributed by atoms with Gasteiger partial charge in [-0.15, -0.1) is 0 Å². The number of benzene rings is 1. The van der Waals surface area contributed by atoms with E-state index in [1.165, 1.54) is 0 Å². The lowest BCUT2D eigenvalue weighted by atomic mass is 10.1. The highest BCUT2D eigenvalue weighted by Gasteiger charge is 2.21. The van der Waals surface area contributed by atoms with Crippen molar-refractivity contribution in [2.24, 2.45) is 0 Å². The number of anilines is 2. The largest absolute Gasteiger partial charge is 0.467 e. The van der Waals surface area contributed by atoms with Crippen molar-refractivity contribution in [3.05, 3.63) is 48.4 Å². The van der Waals surface area contributed by atoms with Crippen molar-refractivity contribution < 1.29 is 9.21 Å². The predicted octanol–water partition coefficient (Wildman–Crippen LogP) is 3.37. The highest BCUT2D eigenvalue weighted by molar-refractivity contribution is 5.94. The molecule has 1 atom stereocenters. The zero-order valence-electron chi connectivity index (χ0n) is 12.0. The molecule has 21 heavy (non-hydrogen) atoms. The molecule has 1 aliphatic heterocycles. The van der Waals surface area contributed by atoms with Gasteiger partial charge in [0.15, 0.2) is 0 Å². The van der Waals surface area contributed by atoms with E-state index < -0.39 is 0 Å². The standard InChI is InChI=1S/C16H19N3O2/c1-2-14(15-7-4-10-21-15)18-12-5-3-6-13(11-12)19-9-8-17-16(19)20/h3-7,10-11,14,18H,2,8-9H2,1H3,(H,17,20). The fourth-order valence-electron chi connectivity index (χ4n) is 2.55. The minimum absolute atomic E-state index is 0.0368. The Labute approximate surface area is 123 Å². The van der Waals surface area contributed by atoms with Gasteiger partial charge in [0.2, 0.25) is 0 Å². The molecule has 5 nitrogen and oxygen atoms in total. The Morgan fingerprint density at radius 2 is 2.29 bits per heavy atom. The monoisotopic (exact) mass is 285 g/mol. The maximum atomic E-state index is 11.7. The molecule has 2 amide bonds. The summed E-state index contributed by atoms with van der Waals surface area (Å²) in [6, 6.07) is 11.9. The summed E-state index contributed by atoms with van der Waals surface area (Å²) in [5.41, 5.74) is 1.89. The second-order valence-electron chi connectivity index (χ2n) is 5.05. The molecule has 3 rings (SSSR count). The van der Waals surface area contributed by atoms with E-state index in [1.54, 1.807) is 11.2 Å². The first kappa shape index (κ1) is 13.5. The highest BCUT2D eigenvalue weighted by Crippen LogP contribution is 2.26. The summed E-state index contributed by atoms with van der Waals surface area (Å²) in [7, 11) is 0. The molecule has 0 bridgehead atoms. The SMILES string of the molecule is CCC(Nc1cccc(N2CCNC2=O)c1)c1ccco1. The van der Waals surface area contributed by atoms with Gasteiger partial charge in [-0.1, -0.05) is 13.0 Å². The number of nitrogens with one attached hydrogen (secondary N) is 2. The highest BCUT2D eigenvalue weighted by atomic mass is 16.3. The number of hydrogen-bond donors (Lipinski definition) is 2. The van der Waals surface area contributed by atoms with Crippen LogP contribution in [0.5, 0.6) is 0 Å². The van der Waals surface area contributed by atoms with Crippen LogP contribution in [0.25, 0.3) is 0 Å². The molecule has 1 aromatic heterocycles. The molecule has 0 radical (unpaired) electrons. The number of furan rings is 1. The number of rotatable bonds is 5. The Balaban J connectivity index is 1.78. The van der Waals surface area contributed by atoms with Gasteiger partial charge in [-0.25, -0.2) is 4.79 Å². The van der Waals surface area contributed by atoms with Crippen molar-refractivity contribution in [1.29, 1.82) is 0 Å². The first-order valence-electron chi connectivity index (χ1n) is 7.23. The number of hydrogen-bond acceptors (Lipinski definition) is 3. The van der Waals surface area contributed by atoms with E-state index in [2.05, 4.69) is 17.6 Å². The topological polar surface area (TPSA) is 57.5 Å². The summed E-state index contributed by atoms with van der Waals surface area (Å²) in [5.74, 6) is 0.918. The number of amides is 2. The normalized spacial score (nSPS) is 15.9. The molecule has 2 heterocycles. The van der Waals surface area contributed by atoms with Crippen molar-refractivity contribution in [3.63, 3.8) is 0 Å². The molecule has 2 N–H and O–H groups in total. The molecule has 1 saturated heterocycles. The van der Waals surface area contributed by atoms with Gasteiger partial charge < -0.3 is 15.1 Å². The van der Waals surface area contributed by atoms with Crippen LogP contribution >= 0.6 is 0 Å². The Bertz CT molecular complexity index is 610. The minimum Gasteiger partial charge on any atom is -0.467 e. The molecule has 1 aromatic carbocycles. The van der Waals surface area contributed by atoms with Crippen molar-refractivity contribution in [1.82, 2.24) is 5.32 Å². The zero-order valence-corrected chi connectivity index (χ0v) is 12.0. The molecule has 0 saturated carbocycles. The quantitative estimate of drug-likeness (QED) is 0.885. The van der Waals surface area contributed by atoms with Crippen LogP contribution in [0.15, 0.2) is 47.1 Å². The average molecular weight is 285 g/mol. The summed E-state index contributed by atoms with van der Waals surface area (Å²) >= 11 is 0. The molecular weight excluding hydrogens is 266 g/mol. The zero-order chi connectivity index (χ0) is 14.7. The van der Waals surface area contributed by atoms with Crippen molar-refractivity contribution in [3.8, 4) is 0 Å². The molecule has 0 spiro atoms. The molecule has 2 aromatic rings. The maximum absolute atomic E-state index is 11.7. The van der Waals surface area contributed by atoms with Gasteiger partial charge in [-0.3, -0.25) is 4.90 Å². The lowest BCUT2D eigenvalue weighted by Crippen LogP contribution is -2.27. The first-order chi connectivity index (χ1) is 10.3. The van der Waals surface area contributed by atoms with E-state index in [0.29, 0.717) is 13.1 Å². The van der Waals surface area contributed by atoms with Crippen LogP contribution in [0.4, 0.5) is 16.2 Å². The van der Waals surface area contributed by atoms with E-state index in [4.69, 9.17) is 4.42 Å². The van der Waals surface area contributed by atoms with Crippen LogP contribution < -0.4 is 15.5 Å². The van der Waals surface area contributed by atoms with Crippen molar-refractivity contribution in [2.45, 2.75) is 19.4 Å². The Morgan fingerprint density at radius 1 is 1.38 bits per heavy atom. The Hall–Kier alpha value is -2.43. The second kappa shape index (κ2) is 5.91. The van der Waals surface area contributed by atoms with E-state index >= 15 is 0 Å². The third kappa shape index (κ3) is 2.86. The molecule has 1 unspecified atom stereocenters. The smallest absolute Gasteiger partial charge is 0.321 e. The molecule has 1 aliphatic rings. The summed E-state index contributed by atoms with van der Waals surface area (Å²) in [6.07, 6.45) is 2.60. The molecule has 110 valence electrons. The van der Waals surface area contributed by atoms with E-state index in [0.717, 1.165) is 23.6 Å². The predicted molar refractivity (Wildman–Crippen MR) is 82.5 cm³/mol. The average Bonchev–Trinajstić information content (AvgIpc) is 3.16. The van der Waals surface area contributed by atoms with Gasteiger partial charge in [-0.05, 0) is 36.8 Å². The molecule has 1 fully saturated rings. The number of carbonyl (C=O) groups excluding carboxylic acids is 1. The van der Waals surface area contributed by atoms with Crippen LogP contribution in [0, 0.1) is 0 Å². The summed E-state index contributed by atoms with van der Waals surface area (Å²) in [6.45, 7) is 3.51. The van der Waals surface area contributed by atoms with E-state index in [9.17, 15) is 4.79 Å². The maximum Gasteiger partial charge on any atom is 0.321 e. The molecule has 0 aliphatic carbocycles. The fraction of sp³-hybridized carbons (Fsp3) is 0.312. The minimum atomic E-state index is -0.0368. The fourth-order valence-corrected chi connectivity index (χ4v) is 2.55. The number of urea groups is 1. The van der Waals surface area contributed by atoms with Gasteiger partial charge in [0.05, 0.1) is 12.3 Å². The molecule has 5 heteroatoms. The van der Waals surface area contributed by atoms with Crippen molar-refractivity contribution in [2.75, 3.05) is 23.3 Å². The van der Waals surface area contributed by atoms with Gasteiger partial charge in [0.1, 0.15) is 5.76 Å². The first-order valence-corrected chi connectivity index (χ1v) is 7.23. The summed E-state index contributed by atoms with van der Waals surface area (Å²) < 4.78 is 5.47. The van der Waals surface area contributed by atoms with Crippen LogP contribution in [0.3, 0.4) is 0 Å². The number of nitrogens with zero attached hydrogens (tertiary/aromatic N) is 1. The Kier molecular flexibility index (Phi) is 3.81. The van der Waals surface area contributed by atoms with Crippen LogP contribution in [0.2, 0.25) is 0 Å². The van der Waals surface area contributed by atoms with Crippen LogP contribution in [0.1, 0.15) is 25.1 Å². The van der Waals surface area contributed by atoms with Crippen LogP contribution in [-0.4, -0.2) is 19.1 Å². The van der Waals surface area contributed by atoms with Gasteiger partial charge in [0.25, 0.3) is 0 Å².